The second-order valence-electron chi connectivity index (χ2n) is 8.24. The predicted octanol–water partition coefficient (Wildman–Crippen LogP) is 5.63. The molecule has 2 aromatic carbocycles. The molecule has 0 aliphatic carbocycles. The van der Waals surface area contributed by atoms with Crippen LogP contribution in [0.15, 0.2) is 63.0 Å². The van der Waals surface area contributed by atoms with E-state index >= 15 is 0 Å². The number of carbonyl (C=O) groups is 1. The number of hydrogen-bond acceptors (Lipinski definition) is 5. The van der Waals surface area contributed by atoms with Crippen LogP contribution in [0.5, 0.6) is 0 Å². The van der Waals surface area contributed by atoms with E-state index in [4.69, 9.17) is 9.72 Å². The molecule has 176 valence electrons. The quantitative estimate of drug-likeness (QED) is 0.232. The molecular formula is C26H27BrN4O3. The molecule has 2 aromatic heterocycles. The van der Waals surface area contributed by atoms with Crippen molar-refractivity contribution in [3.05, 3.63) is 74.9 Å². The van der Waals surface area contributed by atoms with E-state index in [0.29, 0.717) is 23.3 Å². The van der Waals surface area contributed by atoms with Gasteiger partial charge in [0.1, 0.15) is 11.9 Å². The van der Waals surface area contributed by atoms with Crippen LogP contribution in [0.25, 0.3) is 21.8 Å². The minimum atomic E-state index is -0.495. The first-order valence-corrected chi connectivity index (χ1v) is 12.2. The molecule has 0 spiro atoms. The van der Waals surface area contributed by atoms with Gasteiger partial charge in [-0.2, -0.15) is 9.78 Å². The molecule has 0 aliphatic heterocycles. The number of esters is 1. The summed E-state index contributed by atoms with van der Waals surface area (Å²) in [6.45, 7) is 8.01. The Hall–Kier alpha value is -3.26. The summed E-state index contributed by atoms with van der Waals surface area (Å²) in [5.41, 5.74) is 2.11. The molecule has 2 atom stereocenters. The number of carbonyl (C=O) groups excluding carboxylic acids is 1. The molecular weight excluding hydrogens is 496 g/mol. The van der Waals surface area contributed by atoms with E-state index in [9.17, 15) is 9.59 Å². The standard InChI is InChI=1S/C26H27BrN4O3/c1-5-16(3)24-29-22-12-11-19(27)13-21(22)25(32)31(24)28-14-18-15-30(17(4)26(33)34-6-2)23-10-8-7-9-20(18)23/h7-17H,5-6H2,1-4H3/t16-,17-/m1/s1. The lowest BCUT2D eigenvalue weighted by Crippen LogP contribution is -2.23. The lowest BCUT2D eigenvalue weighted by atomic mass is 10.1. The molecule has 0 bridgehead atoms. The maximum atomic E-state index is 13.4. The number of rotatable bonds is 7. The smallest absolute Gasteiger partial charge is 0.328 e. The van der Waals surface area contributed by atoms with Gasteiger partial charge in [0, 0.05) is 33.1 Å². The van der Waals surface area contributed by atoms with Crippen molar-refractivity contribution in [2.24, 2.45) is 5.10 Å². The van der Waals surface area contributed by atoms with Crippen LogP contribution in [0.4, 0.5) is 0 Å². The highest BCUT2D eigenvalue weighted by atomic mass is 79.9. The number of aromatic nitrogens is 3. The highest BCUT2D eigenvalue weighted by Gasteiger charge is 2.20. The molecule has 0 radical (unpaired) electrons. The van der Waals surface area contributed by atoms with Gasteiger partial charge in [0.2, 0.25) is 0 Å². The van der Waals surface area contributed by atoms with Crippen LogP contribution < -0.4 is 5.56 Å². The average molecular weight is 523 g/mol. The van der Waals surface area contributed by atoms with Crippen molar-refractivity contribution >= 4 is 49.9 Å². The Morgan fingerprint density at radius 3 is 2.68 bits per heavy atom. The van der Waals surface area contributed by atoms with Gasteiger partial charge in [-0.3, -0.25) is 4.79 Å². The summed E-state index contributed by atoms with van der Waals surface area (Å²) < 4.78 is 9.29. The van der Waals surface area contributed by atoms with Crippen LogP contribution >= 0.6 is 15.9 Å². The molecule has 0 aliphatic rings. The summed E-state index contributed by atoms with van der Waals surface area (Å²) in [4.78, 5) is 30.6. The predicted molar refractivity (Wildman–Crippen MR) is 139 cm³/mol. The number of halogens is 1. The van der Waals surface area contributed by atoms with E-state index in [0.717, 1.165) is 27.4 Å². The number of para-hydroxylation sites is 1. The van der Waals surface area contributed by atoms with E-state index in [1.807, 2.05) is 61.0 Å². The summed E-state index contributed by atoms with van der Waals surface area (Å²) in [6.07, 6.45) is 4.35. The Labute approximate surface area is 206 Å². The summed E-state index contributed by atoms with van der Waals surface area (Å²) in [5.74, 6) is 0.358. The summed E-state index contributed by atoms with van der Waals surface area (Å²) in [7, 11) is 0. The second-order valence-corrected chi connectivity index (χ2v) is 9.15. The first-order valence-electron chi connectivity index (χ1n) is 11.4. The number of benzene rings is 2. The molecule has 0 N–H and O–H groups in total. The van der Waals surface area contributed by atoms with Crippen LogP contribution in [0.1, 0.15) is 57.5 Å². The van der Waals surface area contributed by atoms with Gasteiger partial charge in [-0.15, -0.1) is 0 Å². The zero-order valence-electron chi connectivity index (χ0n) is 19.7. The average Bonchev–Trinajstić information content (AvgIpc) is 3.21. The van der Waals surface area contributed by atoms with Crippen LogP contribution in [0.2, 0.25) is 0 Å². The van der Waals surface area contributed by atoms with Gasteiger partial charge < -0.3 is 9.30 Å². The Morgan fingerprint density at radius 2 is 1.94 bits per heavy atom. The van der Waals surface area contributed by atoms with Gasteiger partial charge in [-0.25, -0.2) is 9.78 Å². The van der Waals surface area contributed by atoms with Crippen molar-refractivity contribution in [2.45, 2.75) is 46.1 Å². The fraction of sp³-hybridized carbons (Fsp3) is 0.308. The molecule has 4 aromatic rings. The van der Waals surface area contributed by atoms with Gasteiger partial charge in [0.05, 0.1) is 23.7 Å². The highest BCUT2D eigenvalue weighted by Crippen LogP contribution is 2.25. The van der Waals surface area contributed by atoms with Crippen LogP contribution in [0, 0.1) is 0 Å². The molecule has 0 saturated heterocycles. The monoisotopic (exact) mass is 522 g/mol. The Balaban J connectivity index is 1.86. The van der Waals surface area contributed by atoms with E-state index < -0.39 is 6.04 Å². The molecule has 2 heterocycles. The summed E-state index contributed by atoms with van der Waals surface area (Å²) in [6, 6.07) is 12.8. The molecule has 4 rings (SSSR count). The SMILES string of the molecule is CCOC(=O)[C@@H](C)n1cc(C=Nn2c([C@H](C)CC)nc3ccc(Br)cc3c2=O)c2ccccc21. The summed E-state index contributed by atoms with van der Waals surface area (Å²) in [5, 5.41) is 6.03. The summed E-state index contributed by atoms with van der Waals surface area (Å²) >= 11 is 3.44. The van der Waals surface area contributed by atoms with E-state index in [-0.39, 0.29) is 17.4 Å². The maximum absolute atomic E-state index is 13.4. The number of hydrogen-bond donors (Lipinski definition) is 0. The Morgan fingerprint density at radius 1 is 1.18 bits per heavy atom. The molecule has 0 fully saturated rings. The van der Waals surface area contributed by atoms with Crippen molar-refractivity contribution in [2.75, 3.05) is 6.61 Å². The highest BCUT2D eigenvalue weighted by molar-refractivity contribution is 9.10. The van der Waals surface area contributed by atoms with Crippen molar-refractivity contribution in [1.82, 2.24) is 14.2 Å². The molecule has 7 nitrogen and oxygen atoms in total. The fourth-order valence-corrected chi connectivity index (χ4v) is 4.29. The third kappa shape index (κ3) is 4.42. The van der Waals surface area contributed by atoms with Crippen molar-refractivity contribution < 1.29 is 9.53 Å². The minimum absolute atomic E-state index is 0.0445. The maximum Gasteiger partial charge on any atom is 0.328 e. The number of ether oxygens (including phenoxy) is 1. The van der Waals surface area contributed by atoms with Gasteiger partial charge in [-0.05, 0) is 44.5 Å². The first-order chi connectivity index (χ1) is 16.3. The van der Waals surface area contributed by atoms with Crippen molar-refractivity contribution in [1.29, 1.82) is 0 Å². The molecule has 0 amide bonds. The third-order valence-corrected chi connectivity index (χ3v) is 6.51. The van der Waals surface area contributed by atoms with Crippen LogP contribution in [0.3, 0.4) is 0 Å². The molecule has 34 heavy (non-hydrogen) atoms. The topological polar surface area (TPSA) is 78.5 Å². The zero-order valence-corrected chi connectivity index (χ0v) is 21.2. The van der Waals surface area contributed by atoms with E-state index in [1.165, 1.54) is 4.68 Å². The first kappa shape index (κ1) is 23.9. The Bertz CT molecular complexity index is 1450. The minimum Gasteiger partial charge on any atom is -0.464 e. The van der Waals surface area contributed by atoms with Gasteiger partial charge in [-0.1, -0.05) is 48.0 Å². The van der Waals surface area contributed by atoms with Gasteiger partial charge >= 0.3 is 5.97 Å². The third-order valence-electron chi connectivity index (χ3n) is 6.02. The second kappa shape index (κ2) is 9.93. The van der Waals surface area contributed by atoms with E-state index in [2.05, 4.69) is 28.0 Å². The number of fused-ring (bicyclic) bond motifs is 2. The van der Waals surface area contributed by atoms with Gasteiger partial charge in [0.25, 0.3) is 5.56 Å². The number of nitrogens with zero attached hydrogens (tertiary/aromatic N) is 4. The van der Waals surface area contributed by atoms with Crippen LogP contribution in [-0.2, 0) is 9.53 Å². The van der Waals surface area contributed by atoms with Crippen LogP contribution in [-0.4, -0.2) is 33.0 Å². The fourth-order valence-electron chi connectivity index (χ4n) is 3.93. The molecule has 8 heteroatoms. The van der Waals surface area contributed by atoms with Crippen molar-refractivity contribution in [3.8, 4) is 0 Å². The lowest BCUT2D eigenvalue weighted by Gasteiger charge is -2.14. The lowest BCUT2D eigenvalue weighted by molar-refractivity contribution is -0.146. The largest absolute Gasteiger partial charge is 0.464 e. The van der Waals surface area contributed by atoms with E-state index in [1.54, 1.807) is 19.2 Å². The van der Waals surface area contributed by atoms with Crippen molar-refractivity contribution in [3.63, 3.8) is 0 Å². The normalized spacial score (nSPS) is 13.6. The molecule has 0 saturated carbocycles. The zero-order chi connectivity index (χ0) is 24.4. The Kier molecular flexibility index (Phi) is 6.97. The van der Waals surface area contributed by atoms with Gasteiger partial charge in [0.15, 0.2) is 0 Å². The molecule has 0 unspecified atom stereocenters.